The van der Waals surface area contributed by atoms with Gasteiger partial charge >= 0.3 is 10.2 Å². The molecule has 0 aliphatic rings. The van der Waals surface area contributed by atoms with Crippen molar-refractivity contribution >= 4 is 43.6 Å². The lowest BCUT2D eigenvalue weighted by Crippen LogP contribution is -2.52. The number of carbonyl (C=O) groups excluding carboxylic acids is 2. The van der Waals surface area contributed by atoms with Gasteiger partial charge in [0.15, 0.2) is 0 Å². The zero-order valence-electron chi connectivity index (χ0n) is 20.5. The summed E-state index contributed by atoms with van der Waals surface area (Å²) in [7, 11) is -1.61. The van der Waals surface area contributed by atoms with E-state index in [9.17, 15) is 22.4 Å². The molecular weight excluding hydrogens is 539 g/mol. The van der Waals surface area contributed by atoms with Crippen LogP contribution in [0.4, 0.5) is 10.1 Å². The minimum Gasteiger partial charge on any atom is -0.354 e. The maximum absolute atomic E-state index is 14.6. The molecule has 0 aliphatic carbocycles. The van der Waals surface area contributed by atoms with Crippen molar-refractivity contribution in [1.82, 2.24) is 14.5 Å². The van der Waals surface area contributed by atoms with Gasteiger partial charge in [0.05, 0.1) is 5.69 Å². The monoisotopic (exact) mass is 570 g/mol. The van der Waals surface area contributed by atoms with Gasteiger partial charge in [-0.25, -0.2) is 8.70 Å². The Morgan fingerprint density at radius 3 is 2.17 bits per heavy atom. The van der Waals surface area contributed by atoms with Crippen LogP contribution in [0.3, 0.4) is 0 Å². The Morgan fingerprint density at radius 1 is 1.03 bits per heavy atom. The van der Waals surface area contributed by atoms with Crippen LogP contribution in [0.2, 0.25) is 0 Å². The number of nitrogens with one attached hydrogen (secondary N) is 1. The third-order valence-corrected chi connectivity index (χ3v) is 7.59. The Kier molecular flexibility index (Phi) is 10.2. The molecule has 0 aliphatic heterocycles. The summed E-state index contributed by atoms with van der Waals surface area (Å²) in [6.07, 6.45) is 0. The molecule has 0 aromatic heterocycles. The average Bonchev–Trinajstić information content (AvgIpc) is 2.80. The highest BCUT2D eigenvalue weighted by atomic mass is 79.9. The van der Waals surface area contributed by atoms with E-state index in [-0.39, 0.29) is 24.1 Å². The number of hydrogen-bond acceptors (Lipinski definition) is 4. The molecule has 0 radical (unpaired) electrons. The standard InChI is InChI=1S/C24H32BrFN4O4S/c1-17(2)14-27-24(32)18(3)29(15-19-10-12-20(25)13-11-19)23(31)16-30(35(33,34)28(4)5)22-9-7-6-8-21(22)26/h6-13,17-18H,14-16H2,1-5H3,(H,27,32). The summed E-state index contributed by atoms with van der Waals surface area (Å²) >= 11 is 3.37. The van der Waals surface area contributed by atoms with Crippen molar-refractivity contribution in [2.75, 3.05) is 31.5 Å². The van der Waals surface area contributed by atoms with Gasteiger partial charge in [-0.2, -0.15) is 12.7 Å². The highest BCUT2D eigenvalue weighted by molar-refractivity contribution is 9.10. The normalized spacial score (nSPS) is 12.5. The lowest BCUT2D eigenvalue weighted by Gasteiger charge is -2.33. The molecule has 192 valence electrons. The Labute approximate surface area is 215 Å². The predicted octanol–water partition coefficient (Wildman–Crippen LogP) is 3.39. The number of para-hydroxylation sites is 1. The fourth-order valence-corrected chi connectivity index (χ4v) is 4.51. The minimum absolute atomic E-state index is 0.0650. The molecule has 0 fully saturated rings. The third kappa shape index (κ3) is 7.74. The molecule has 2 aromatic rings. The first-order valence-electron chi connectivity index (χ1n) is 11.1. The molecule has 0 saturated carbocycles. The second-order valence-electron chi connectivity index (χ2n) is 8.71. The van der Waals surface area contributed by atoms with E-state index in [1.54, 1.807) is 19.1 Å². The molecule has 0 spiro atoms. The number of halogens is 2. The number of nitrogens with zero attached hydrogens (tertiary/aromatic N) is 3. The molecule has 1 atom stereocenters. The number of anilines is 1. The van der Waals surface area contributed by atoms with Crippen LogP contribution in [0.15, 0.2) is 53.0 Å². The molecule has 0 saturated heterocycles. The van der Waals surface area contributed by atoms with Crippen LogP contribution in [0.5, 0.6) is 0 Å². The van der Waals surface area contributed by atoms with Gasteiger partial charge in [-0.15, -0.1) is 0 Å². The van der Waals surface area contributed by atoms with Gasteiger partial charge in [0, 0.05) is 31.7 Å². The molecule has 35 heavy (non-hydrogen) atoms. The van der Waals surface area contributed by atoms with E-state index in [0.29, 0.717) is 6.54 Å². The predicted molar refractivity (Wildman–Crippen MR) is 138 cm³/mol. The summed E-state index contributed by atoms with van der Waals surface area (Å²) in [5.41, 5.74) is 0.494. The average molecular weight is 572 g/mol. The molecular formula is C24H32BrFN4O4S. The summed E-state index contributed by atoms with van der Waals surface area (Å²) in [5.74, 6) is -1.58. The smallest absolute Gasteiger partial charge is 0.304 e. The lowest BCUT2D eigenvalue weighted by molar-refractivity contribution is -0.139. The Morgan fingerprint density at radius 2 is 1.63 bits per heavy atom. The zero-order chi connectivity index (χ0) is 26.3. The second-order valence-corrected chi connectivity index (χ2v) is 11.7. The van der Waals surface area contributed by atoms with Crippen LogP contribution in [0, 0.1) is 11.7 Å². The first-order chi connectivity index (χ1) is 16.3. The topological polar surface area (TPSA) is 90.0 Å². The van der Waals surface area contributed by atoms with Crippen molar-refractivity contribution in [3.63, 3.8) is 0 Å². The lowest BCUT2D eigenvalue weighted by atomic mass is 10.1. The summed E-state index contributed by atoms with van der Waals surface area (Å²) in [4.78, 5) is 27.7. The Bertz CT molecular complexity index is 1130. The van der Waals surface area contributed by atoms with Gasteiger partial charge in [0.2, 0.25) is 11.8 Å². The Hall–Kier alpha value is -2.50. The molecule has 1 N–H and O–H groups in total. The second kappa shape index (κ2) is 12.5. The van der Waals surface area contributed by atoms with Crippen molar-refractivity contribution in [2.45, 2.75) is 33.4 Å². The third-order valence-electron chi connectivity index (χ3n) is 5.26. The van der Waals surface area contributed by atoms with E-state index >= 15 is 0 Å². The molecule has 2 aromatic carbocycles. The van der Waals surface area contributed by atoms with Gasteiger partial charge in [-0.1, -0.05) is 54.0 Å². The van der Waals surface area contributed by atoms with E-state index in [4.69, 9.17) is 0 Å². The number of carbonyl (C=O) groups is 2. The largest absolute Gasteiger partial charge is 0.354 e. The number of hydrogen-bond donors (Lipinski definition) is 1. The Balaban J connectivity index is 2.44. The highest BCUT2D eigenvalue weighted by Crippen LogP contribution is 2.24. The number of rotatable bonds is 11. The van der Waals surface area contributed by atoms with Crippen LogP contribution >= 0.6 is 15.9 Å². The summed E-state index contributed by atoms with van der Waals surface area (Å²) in [6.45, 7) is 5.30. The fraction of sp³-hybridized carbons (Fsp3) is 0.417. The SMILES string of the molecule is CC(C)CNC(=O)C(C)N(Cc1ccc(Br)cc1)C(=O)CN(c1ccccc1F)S(=O)(=O)N(C)C. The molecule has 2 amide bonds. The van der Waals surface area contributed by atoms with E-state index in [1.807, 2.05) is 26.0 Å². The van der Waals surface area contributed by atoms with E-state index < -0.39 is 34.5 Å². The molecule has 1 unspecified atom stereocenters. The maximum atomic E-state index is 14.6. The van der Waals surface area contributed by atoms with Crippen molar-refractivity contribution < 1.29 is 22.4 Å². The zero-order valence-corrected chi connectivity index (χ0v) is 22.9. The number of amides is 2. The molecule has 8 nitrogen and oxygen atoms in total. The van der Waals surface area contributed by atoms with Gasteiger partial charge in [0.25, 0.3) is 0 Å². The summed E-state index contributed by atoms with van der Waals surface area (Å²) < 4.78 is 43.2. The van der Waals surface area contributed by atoms with Gasteiger partial charge in [-0.05, 0) is 42.7 Å². The van der Waals surface area contributed by atoms with E-state index in [0.717, 1.165) is 24.7 Å². The quantitative estimate of drug-likeness (QED) is 0.448. The van der Waals surface area contributed by atoms with Crippen molar-refractivity contribution in [2.24, 2.45) is 5.92 Å². The molecule has 0 heterocycles. The fourth-order valence-electron chi connectivity index (χ4n) is 3.18. The first kappa shape index (κ1) is 28.7. The van der Waals surface area contributed by atoms with Crippen LogP contribution < -0.4 is 9.62 Å². The van der Waals surface area contributed by atoms with Crippen molar-refractivity contribution in [3.8, 4) is 0 Å². The van der Waals surface area contributed by atoms with Crippen LogP contribution in [0.25, 0.3) is 0 Å². The van der Waals surface area contributed by atoms with Crippen LogP contribution in [-0.4, -0.2) is 62.7 Å². The summed E-state index contributed by atoms with van der Waals surface area (Å²) in [5, 5.41) is 2.81. The number of benzene rings is 2. The first-order valence-corrected chi connectivity index (χ1v) is 13.3. The van der Waals surface area contributed by atoms with E-state index in [2.05, 4.69) is 21.2 Å². The molecule has 0 bridgehead atoms. The highest BCUT2D eigenvalue weighted by Gasteiger charge is 2.33. The van der Waals surface area contributed by atoms with Crippen molar-refractivity contribution in [3.05, 3.63) is 64.4 Å². The van der Waals surface area contributed by atoms with Gasteiger partial charge in [0.1, 0.15) is 18.4 Å². The van der Waals surface area contributed by atoms with E-state index in [1.165, 1.54) is 37.2 Å². The van der Waals surface area contributed by atoms with Crippen LogP contribution in [-0.2, 0) is 26.3 Å². The minimum atomic E-state index is -4.22. The van der Waals surface area contributed by atoms with Gasteiger partial charge < -0.3 is 10.2 Å². The molecule has 2 rings (SSSR count). The van der Waals surface area contributed by atoms with Crippen LogP contribution in [0.1, 0.15) is 26.3 Å². The summed E-state index contributed by atoms with van der Waals surface area (Å²) in [6, 6.07) is 11.7. The van der Waals surface area contributed by atoms with Crippen molar-refractivity contribution in [1.29, 1.82) is 0 Å². The molecule has 11 heteroatoms. The van der Waals surface area contributed by atoms with Gasteiger partial charge in [-0.3, -0.25) is 9.59 Å². The maximum Gasteiger partial charge on any atom is 0.304 e.